The Morgan fingerprint density at radius 2 is 1.68 bits per heavy atom. The van der Waals surface area contributed by atoms with Gasteiger partial charge in [-0.1, -0.05) is 30.3 Å². The molecule has 2 rings (SSSR count). The minimum absolute atomic E-state index is 0.367. The molecular weight excluding hydrogens is 358 g/mol. The molecule has 0 saturated heterocycles. The summed E-state index contributed by atoms with van der Waals surface area (Å²) in [4.78, 5) is 36.0. The van der Waals surface area contributed by atoms with Gasteiger partial charge in [0.25, 0.3) is 11.8 Å². The predicted molar refractivity (Wildman–Crippen MR) is 106 cm³/mol. The molecule has 0 aliphatic rings. The number of amides is 3. The molecule has 0 aromatic heterocycles. The van der Waals surface area contributed by atoms with Crippen LogP contribution in [0.1, 0.15) is 29.8 Å². The molecule has 2 aromatic rings. The molecule has 0 bridgehead atoms. The molecule has 0 aliphatic heterocycles. The summed E-state index contributed by atoms with van der Waals surface area (Å²) in [6.07, 6.45) is 2.99. The van der Waals surface area contributed by atoms with Crippen molar-refractivity contribution in [1.82, 2.24) is 16.2 Å². The quantitative estimate of drug-likeness (QED) is 0.505. The Labute approximate surface area is 163 Å². The van der Waals surface area contributed by atoms with E-state index in [1.807, 2.05) is 37.3 Å². The van der Waals surface area contributed by atoms with Gasteiger partial charge in [0.2, 0.25) is 5.91 Å². The maximum Gasteiger partial charge on any atom is 0.269 e. The first-order valence-electron chi connectivity index (χ1n) is 8.86. The van der Waals surface area contributed by atoms with E-state index < -0.39 is 23.8 Å². The lowest BCUT2D eigenvalue weighted by atomic mass is 10.2. The molecule has 3 amide bonds. The van der Waals surface area contributed by atoms with Crippen LogP contribution in [-0.4, -0.2) is 30.4 Å². The third-order valence-corrected chi connectivity index (χ3v) is 3.71. The maximum atomic E-state index is 12.1. The third-order valence-electron chi connectivity index (χ3n) is 3.71. The fourth-order valence-corrected chi connectivity index (χ4v) is 2.23. The third kappa shape index (κ3) is 6.60. The van der Waals surface area contributed by atoms with Crippen molar-refractivity contribution in [2.45, 2.75) is 19.9 Å². The second-order valence-corrected chi connectivity index (χ2v) is 5.88. The van der Waals surface area contributed by atoms with Gasteiger partial charge in [-0.3, -0.25) is 25.2 Å². The van der Waals surface area contributed by atoms with E-state index in [-0.39, 0.29) is 0 Å². The Bertz CT molecular complexity index is 832. The second-order valence-electron chi connectivity index (χ2n) is 5.88. The van der Waals surface area contributed by atoms with E-state index in [9.17, 15) is 14.4 Å². The molecule has 0 spiro atoms. The first kappa shape index (κ1) is 20.7. The molecule has 0 radical (unpaired) electrons. The van der Waals surface area contributed by atoms with Gasteiger partial charge >= 0.3 is 0 Å². The van der Waals surface area contributed by atoms with Crippen LogP contribution in [0.2, 0.25) is 0 Å². The Balaban J connectivity index is 1.79. The monoisotopic (exact) mass is 381 g/mol. The number of hydrogen-bond donors (Lipinski definition) is 3. The van der Waals surface area contributed by atoms with Gasteiger partial charge in [0, 0.05) is 11.6 Å². The molecule has 3 N–H and O–H groups in total. The van der Waals surface area contributed by atoms with E-state index in [1.165, 1.54) is 13.0 Å². The van der Waals surface area contributed by atoms with Gasteiger partial charge in [0.15, 0.2) is 0 Å². The van der Waals surface area contributed by atoms with Crippen molar-refractivity contribution in [2.24, 2.45) is 0 Å². The Kier molecular flexibility index (Phi) is 7.77. The number of nitrogens with one attached hydrogen (secondary N) is 3. The molecule has 0 unspecified atom stereocenters. The molecule has 0 saturated carbocycles. The highest BCUT2D eigenvalue weighted by molar-refractivity contribution is 5.97. The van der Waals surface area contributed by atoms with Crippen molar-refractivity contribution in [2.75, 3.05) is 6.61 Å². The standard InChI is InChI=1S/C21H23N3O4/c1-3-28-18-12-10-17(11-13-18)21(27)24-23-20(26)15(2)22-19(25)14-9-16-7-5-4-6-8-16/h4-15H,3H2,1-2H3,(H,22,25)(H,23,26)(H,24,27)/b14-9+/t15-/m0/s1. The molecule has 146 valence electrons. The van der Waals surface area contributed by atoms with Crippen LogP contribution >= 0.6 is 0 Å². The van der Waals surface area contributed by atoms with E-state index in [1.54, 1.807) is 30.3 Å². The first-order valence-corrected chi connectivity index (χ1v) is 8.86. The number of carbonyl (C=O) groups is 3. The first-order chi connectivity index (χ1) is 13.5. The van der Waals surface area contributed by atoms with Crippen molar-refractivity contribution in [3.63, 3.8) is 0 Å². The maximum absolute atomic E-state index is 12.1. The predicted octanol–water partition coefficient (Wildman–Crippen LogP) is 2.06. The summed E-state index contributed by atoms with van der Waals surface area (Å²) >= 11 is 0. The van der Waals surface area contributed by atoms with Crippen molar-refractivity contribution in [3.8, 4) is 5.75 Å². The lowest BCUT2D eigenvalue weighted by molar-refractivity contribution is -0.127. The zero-order chi connectivity index (χ0) is 20.4. The van der Waals surface area contributed by atoms with Crippen molar-refractivity contribution in [1.29, 1.82) is 0 Å². The van der Waals surface area contributed by atoms with Crippen LogP contribution in [0.15, 0.2) is 60.7 Å². The van der Waals surface area contributed by atoms with E-state index in [4.69, 9.17) is 4.74 Å². The molecule has 28 heavy (non-hydrogen) atoms. The number of hydrazine groups is 1. The molecule has 7 heteroatoms. The number of benzene rings is 2. The van der Waals surface area contributed by atoms with Gasteiger partial charge in [-0.05, 0) is 49.8 Å². The topological polar surface area (TPSA) is 96.5 Å². The summed E-state index contributed by atoms with van der Waals surface area (Å²) in [7, 11) is 0. The fourth-order valence-electron chi connectivity index (χ4n) is 2.23. The summed E-state index contributed by atoms with van der Waals surface area (Å²) in [5.41, 5.74) is 5.84. The highest BCUT2D eigenvalue weighted by Gasteiger charge is 2.15. The molecular formula is C21H23N3O4. The van der Waals surface area contributed by atoms with Crippen LogP contribution in [0.5, 0.6) is 5.75 Å². The zero-order valence-corrected chi connectivity index (χ0v) is 15.8. The highest BCUT2D eigenvalue weighted by Crippen LogP contribution is 2.11. The lowest BCUT2D eigenvalue weighted by Crippen LogP contribution is -2.50. The van der Waals surface area contributed by atoms with Crippen LogP contribution in [-0.2, 0) is 9.59 Å². The van der Waals surface area contributed by atoms with Crippen LogP contribution in [0.4, 0.5) is 0 Å². The van der Waals surface area contributed by atoms with E-state index in [0.29, 0.717) is 17.9 Å². The Hall–Kier alpha value is -3.61. The minimum atomic E-state index is -0.825. The van der Waals surface area contributed by atoms with Crippen LogP contribution in [0.25, 0.3) is 6.08 Å². The van der Waals surface area contributed by atoms with Gasteiger partial charge in [-0.15, -0.1) is 0 Å². The summed E-state index contributed by atoms with van der Waals surface area (Å²) < 4.78 is 5.31. The average molecular weight is 381 g/mol. The zero-order valence-electron chi connectivity index (χ0n) is 15.8. The van der Waals surface area contributed by atoms with Gasteiger partial charge in [-0.2, -0.15) is 0 Å². The van der Waals surface area contributed by atoms with E-state index in [0.717, 1.165) is 5.56 Å². The van der Waals surface area contributed by atoms with Gasteiger partial charge in [0.05, 0.1) is 6.61 Å². The van der Waals surface area contributed by atoms with Crippen LogP contribution in [0, 0.1) is 0 Å². The molecule has 0 aliphatic carbocycles. The summed E-state index contributed by atoms with van der Waals surface area (Å²) in [5, 5.41) is 2.53. The SMILES string of the molecule is CCOc1ccc(C(=O)NNC(=O)[C@H](C)NC(=O)/C=C/c2ccccc2)cc1. The minimum Gasteiger partial charge on any atom is -0.494 e. The number of hydrogen-bond acceptors (Lipinski definition) is 4. The lowest BCUT2D eigenvalue weighted by Gasteiger charge is -2.13. The van der Waals surface area contributed by atoms with Crippen LogP contribution < -0.4 is 20.9 Å². The van der Waals surface area contributed by atoms with Crippen molar-refractivity contribution in [3.05, 3.63) is 71.8 Å². The van der Waals surface area contributed by atoms with Crippen molar-refractivity contribution < 1.29 is 19.1 Å². The Morgan fingerprint density at radius 3 is 2.32 bits per heavy atom. The summed E-state index contributed by atoms with van der Waals surface area (Å²) in [6.45, 7) is 3.92. The van der Waals surface area contributed by atoms with E-state index in [2.05, 4.69) is 16.2 Å². The van der Waals surface area contributed by atoms with E-state index >= 15 is 0 Å². The van der Waals surface area contributed by atoms with Gasteiger partial charge in [0.1, 0.15) is 11.8 Å². The number of rotatable bonds is 7. The Morgan fingerprint density at radius 1 is 1.00 bits per heavy atom. The number of ether oxygens (including phenoxy) is 1. The van der Waals surface area contributed by atoms with Crippen LogP contribution in [0.3, 0.4) is 0 Å². The largest absolute Gasteiger partial charge is 0.494 e. The molecule has 2 aromatic carbocycles. The molecule has 7 nitrogen and oxygen atoms in total. The van der Waals surface area contributed by atoms with Gasteiger partial charge in [-0.25, -0.2) is 0 Å². The smallest absolute Gasteiger partial charge is 0.269 e. The molecule has 0 fully saturated rings. The average Bonchev–Trinajstić information content (AvgIpc) is 2.71. The molecule has 1 atom stereocenters. The second kappa shape index (κ2) is 10.5. The normalized spacial score (nSPS) is 11.5. The number of carbonyl (C=O) groups excluding carboxylic acids is 3. The fraction of sp³-hybridized carbons (Fsp3) is 0.190. The molecule has 0 heterocycles. The van der Waals surface area contributed by atoms with Crippen molar-refractivity contribution >= 4 is 23.8 Å². The summed E-state index contributed by atoms with van der Waals surface area (Å²) in [5.74, 6) is -0.771. The van der Waals surface area contributed by atoms with Gasteiger partial charge < -0.3 is 10.1 Å². The summed E-state index contributed by atoms with van der Waals surface area (Å²) in [6, 6.07) is 15.0. The highest BCUT2D eigenvalue weighted by atomic mass is 16.5.